The SMILES string of the molecule is Cc1ccc(C(=O)Nc2cc(Cl)cc(CN3CCN(C(=O)C4CCCC4)C(C)C3)c2C)cn1. The largest absolute Gasteiger partial charge is 0.337 e. The number of carbonyl (C=O) groups is 2. The summed E-state index contributed by atoms with van der Waals surface area (Å²) in [7, 11) is 0. The van der Waals surface area contributed by atoms with Gasteiger partial charge in [0.05, 0.1) is 5.56 Å². The Morgan fingerprint density at radius 2 is 1.91 bits per heavy atom. The second-order valence-electron chi connectivity index (χ2n) is 9.48. The van der Waals surface area contributed by atoms with Crippen LogP contribution in [0.4, 0.5) is 5.69 Å². The minimum absolute atomic E-state index is 0.194. The van der Waals surface area contributed by atoms with Gasteiger partial charge in [0.1, 0.15) is 0 Å². The van der Waals surface area contributed by atoms with E-state index in [2.05, 4.69) is 27.0 Å². The molecule has 4 rings (SSSR count). The van der Waals surface area contributed by atoms with Crippen LogP contribution in [0.25, 0.3) is 0 Å². The number of piperazine rings is 1. The van der Waals surface area contributed by atoms with Crippen molar-refractivity contribution in [3.8, 4) is 0 Å². The number of aromatic nitrogens is 1. The molecule has 2 aliphatic rings. The minimum Gasteiger partial charge on any atom is -0.337 e. The Labute approximate surface area is 201 Å². The first-order chi connectivity index (χ1) is 15.8. The molecule has 1 aliphatic carbocycles. The molecule has 2 heterocycles. The van der Waals surface area contributed by atoms with Crippen LogP contribution >= 0.6 is 11.6 Å². The summed E-state index contributed by atoms with van der Waals surface area (Å²) >= 11 is 6.42. The Morgan fingerprint density at radius 1 is 1.15 bits per heavy atom. The Hall–Kier alpha value is -2.44. The molecular weight excluding hydrogens is 436 g/mol. The maximum absolute atomic E-state index is 12.9. The Kier molecular flexibility index (Phi) is 7.35. The van der Waals surface area contributed by atoms with Gasteiger partial charge >= 0.3 is 0 Å². The van der Waals surface area contributed by atoms with Crippen molar-refractivity contribution in [3.63, 3.8) is 0 Å². The van der Waals surface area contributed by atoms with Gasteiger partial charge in [-0.1, -0.05) is 24.4 Å². The third kappa shape index (κ3) is 5.56. The van der Waals surface area contributed by atoms with Crippen molar-refractivity contribution in [1.82, 2.24) is 14.8 Å². The fourth-order valence-corrected chi connectivity index (χ4v) is 5.22. The van der Waals surface area contributed by atoms with E-state index in [-0.39, 0.29) is 17.9 Å². The number of anilines is 1. The third-order valence-corrected chi connectivity index (χ3v) is 7.21. The predicted molar refractivity (Wildman–Crippen MR) is 132 cm³/mol. The highest BCUT2D eigenvalue weighted by atomic mass is 35.5. The van der Waals surface area contributed by atoms with Crippen molar-refractivity contribution in [2.24, 2.45) is 5.92 Å². The number of hydrogen-bond acceptors (Lipinski definition) is 4. The lowest BCUT2D eigenvalue weighted by Crippen LogP contribution is -2.54. The van der Waals surface area contributed by atoms with Crippen molar-refractivity contribution >= 4 is 29.1 Å². The van der Waals surface area contributed by atoms with Crippen LogP contribution in [-0.2, 0) is 11.3 Å². The van der Waals surface area contributed by atoms with Crippen LogP contribution in [0.1, 0.15) is 59.8 Å². The number of hydrogen-bond donors (Lipinski definition) is 1. The molecule has 1 aromatic heterocycles. The number of benzene rings is 1. The van der Waals surface area contributed by atoms with E-state index < -0.39 is 0 Å². The van der Waals surface area contributed by atoms with Gasteiger partial charge in [-0.3, -0.25) is 19.5 Å². The van der Waals surface area contributed by atoms with E-state index in [0.717, 1.165) is 55.8 Å². The van der Waals surface area contributed by atoms with E-state index in [0.29, 0.717) is 22.2 Å². The predicted octanol–water partition coefficient (Wildman–Crippen LogP) is 4.83. The topological polar surface area (TPSA) is 65.5 Å². The van der Waals surface area contributed by atoms with Gasteiger partial charge in [-0.15, -0.1) is 0 Å². The highest BCUT2D eigenvalue weighted by Crippen LogP contribution is 2.30. The standard InChI is InChI=1S/C26H33ClN4O2/c1-17-8-9-21(14-28-17)25(32)29-24-13-23(27)12-22(19(24)3)16-30-10-11-31(18(2)15-30)26(33)20-6-4-5-7-20/h8-9,12-14,18,20H,4-7,10-11,15-16H2,1-3H3,(H,29,32). The van der Waals surface area contributed by atoms with Crippen molar-refractivity contribution in [1.29, 1.82) is 0 Å². The van der Waals surface area contributed by atoms with Crippen LogP contribution in [0, 0.1) is 19.8 Å². The number of halogens is 1. The summed E-state index contributed by atoms with van der Waals surface area (Å²) in [6, 6.07) is 7.55. The molecule has 1 aliphatic heterocycles. The molecule has 1 saturated carbocycles. The number of aryl methyl sites for hydroxylation is 1. The fraction of sp³-hybridized carbons (Fsp3) is 0.500. The second-order valence-corrected chi connectivity index (χ2v) is 9.91. The van der Waals surface area contributed by atoms with Gasteiger partial charge in [-0.05, 0) is 69.0 Å². The van der Waals surface area contributed by atoms with Crippen LogP contribution < -0.4 is 5.32 Å². The van der Waals surface area contributed by atoms with Gasteiger partial charge in [0, 0.05) is 60.7 Å². The lowest BCUT2D eigenvalue weighted by molar-refractivity contribution is -0.140. The number of carbonyl (C=O) groups excluding carboxylic acids is 2. The van der Waals surface area contributed by atoms with Crippen LogP contribution in [0.15, 0.2) is 30.5 Å². The van der Waals surface area contributed by atoms with E-state index in [1.54, 1.807) is 18.3 Å². The van der Waals surface area contributed by atoms with E-state index in [1.165, 1.54) is 12.8 Å². The third-order valence-electron chi connectivity index (χ3n) is 6.99. The smallest absolute Gasteiger partial charge is 0.257 e. The number of rotatable bonds is 5. The molecule has 2 aromatic rings. The van der Waals surface area contributed by atoms with Crippen LogP contribution in [0.5, 0.6) is 0 Å². The van der Waals surface area contributed by atoms with Crippen molar-refractivity contribution in [2.45, 2.75) is 59.0 Å². The summed E-state index contributed by atoms with van der Waals surface area (Å²) in [6.07, 6.45) is 6.02. The summed E-state index contributed by atoms with van der Waals surface area (Å²) in [5.74, 6) is 0.365. The zero-order valence-electron chi connectivity index (χ0n) is 19.7. The maximum Gasteiger partial charge on any atom is 0.257 e. The zero-order chi connectivity index (χ0) is 23.5. The van der Waals surface area contributed by atoms with Crippen molar-refractivity contribution < 1.29 is 9.59 Å². The Balaban J connectivity index is 1.42. The molecule has 1 aromatic carbocycles. The molecular formula is C26H33ClN4O2. The quantitative estimate of drug-likeness (QED) is 0.682. The Bertz CT molecular complexity index is 1020. The summed E-state index contributed by atoms with van der Waals surface area (Å²) in [5, 5.41) is 3.59. The number of nitrogens with one attached hydrogen (secondary N) is 1. The Morgan fingerprint density at radius 3 is 2.58 bits per heavy atom. The second kappa shape index (κ2) is 10.2. The molecule has 176 valence electrons. The maximum atomic E-state index is 12.9. The lowest BCUT2D eigenvalue weighted by atomic mass is 10.0. The number of nitrogens with zero attached hydrogens (tertiary/aromatic N) is 3. The minimum atomic E-state index is -0.202. The van der Waals surface area contributed by atoms with Gasteiger partial charge < -0.3 is 10.2 Å². The van der Waals surface area contributed by atoms with Gasteiger partial charge in [0.25, 0.3) is 5.91 Å². The molecule has 0 bridgehead atoms. The first-order valence-corrected chi connectivity index (χ1v) is 12.3. The van der Waals surface area contributed by atoms with E-state index in [9.17, 15) is 9.59 Å². The number of amides is 2. The number of pyridine rings is 1. The average molecular weight is 469 g/mol. The molecule has 7 heteroatoms. The molecule has 2 amide bonds. The van der Waals surface area contributed by atoms with Gasteiger partial charge in [-0.2, -0.15) is 0 Å². The molecule has 1 N–H and O–H groups in total. The molecule has 1 saturated heterocycles. The molecule has 0 radical (unpaired) electrons. The van der Waals surface area contributed by atoms with Crippen LogP contribution in [0.2, 0.25) is 5.02 Å². The molecule has 2 fully saturated rings. The highest BCUT2D eigenvalue weighted by molar-refractivity contribution is 6.31. The normalized spacial score (nSPS) is 19.6. The molecule has 0 spiro atoms. The fourth-order valence-electron chi connectivity index (χ4n) is 4.98. The average Bonchev–Trinajstić information content (AvgIpc) is 3.32. The monoisotopic (exact) mass is 468 g/mol. The summed E-state index contributed by atoms with van der Waals surface area (Å²) in [5.41, 5.74) is 4.18. The van der Waals surface area contributed by atoms with Gasteiger partial charge in [0.2, 0.25) is 5.91 Å². The van der Waals surface area contributed by atoms with Crippen molar-refractivity contribution in [3.05, 3.63) is 57.9 Å². The molecule has 1 unspecified atom stereocenters. The van der Waals surface area contributed by atoms with Crippen molar-refractivity contribution in [2.75, 3.05) is 25.0 Å². The first-order valence-electron chi connectivity index (χ1n) is 11.9. The summed E-state index contributed by atoms with van der Waals surface area (Å²) in [4.78, 5) is 34.3. The van der Waals surface area contributed by atoms with Gasteiger partial charge in [0.15, 0.2) is 0 Å². The zero-order valence-corrected chi connectivity index (χ0v) is 20.5. The molecule has 6 nitrogen and oxygen atoms in total. The van der Waals surface area contributed by atoms with E-state index >= 15 is 0 Å². The highest BCUT2D eigenvalue weighted by Gasteiger charge is 2.33. The summed E-state index contributed by atoms with van der Waals surface area (Å²) < 4.78 is 0. The molecule has 1 atom stereocenters. The van der Waals surface area contributed by atoms with Crippen LogP contribution in [-0.4, -0.2) is 52.3 Å². The van der Waals surface area contributed by atoms with Crippen LogP contribution in [0.3, 0.4) is 0 Å². The summed E-state index contributed by atoms with van der Waals surface area (Å²) in [6.45, 7) is 9.22. The van der Waals surface area contributed by atoms with Gasteiger partial charge in [-0.25, -0.2) is 0 Å². The first kappa shape index (κ1) is 23.7. The lowest BCUT2D eigenvalue weighted by Gasteiger charge is -2.41. The molecule has 33 heavy (non-hydrogen) atoms. The van der Waals surface area contributed by atoms with E-state index in [4.69, 9.17) is 11.6 Å². The van der Waals surface area contributed by atoms with E-state index in [1.807, 2.05) is 26.0 Å².